The van der Waals surface area contributed by atoms with Crippen molar-refractivity contribution in [3.05, 3.63) is 18.2 Å². The quantitative estimate of drug-likeness (QED) is 0.612. The molecular weight excluding hydrogens is 344 g/mol. The van der Waals surface area contributed by atoms with Crippen LogP contribution in [-0.4, -0.2) is 27.1 Å². The third-order valence-electron chi connectivity index (χ3n) is 3.90. The fourth-order valence-corrected chi connectivity index (χ4v) is 4.07. The van der Waals surface area contributed by atoms with Crippen LogP contribution in [0.4, 0.5) is 5.69 Å². The standard InChI is InChI=1S/C17H28N2O3S2/c1-5-7-8-14(6-2)12-18-24(21,22)15-9-10-17(23-4)16(11-15)19-13(3)20/h9-11,14,18H,5-8,12H2,1-4H3,(H,19,20)/t14-/m0/s1. The van der Waals surface area contributed by atoms with Crippen molar-refractivity contribution in [3.8, 4) is 0 Å². The number of carbonyl (C=O) groups excluding carboxylic acids is 1. The largest absolute Gasteiger partial charge is 0.325 e. The van der Waals surface area contributed by atoms with E-state index in [-0.39, 0.29) is 10.8 Å². The summed E-state index contributed by atoms with van der Waals surface area (Å²) in [6.45, 7) is 6.06. The van der Waals surface area contributed by atoms with Gasteiger partial charge >= 0.3 is 0 Å². The molecule has 0 spiro atoms. The molecule has 0 aliphatic heterocycles. The average molecular weight is 373 g/mol. The van der Waals surface area contributed by atoms with Gasteiger partial charge in [-0.15, -0.1) is 11.8 Å². The topological polar surface area (TPSA) is 75.3 Å². The van der Waals surface area contributed by atoms with Crippen LogP contribution < -0.4 is 10.0 Å². The second kappa shape index (κ2) is 10.1. The number of amides is 1. The summed E-state index contributed by atoms with van der Waals surface area (Å²) in [7, 11) is -3.58. The molecule has 5 nitrogen and oxygen atoms in total. The second-order valence-electron chi connectivity index (χ2n) is 5.81. The Bertz CT molecular complexity index is 645. The molecule has 0 saturated carbocycles. The van der Waals surface area contributed by atoms with Crippen molar-refractivity contribution in [2.24, 2.45) is 5.92 Å². The van der Waals surface area contributed by atoms with E-state index in [1.807, 2.05) is 6.26 Å². The number of benzene rings is 1. The van der Waals surface area contributed by atoms with Gasteiger partial charge in [-0.1, -0.05) is 33.1 Å². The molecule has 0 radical (unpaired) electrons. The van der Waals surface area contributed by atoms with Crippen LogP contribution in [-0.2, 0) is 14.8 Å². The van der Waals surface area contributed by atoms with Crippen molar-refractivity contribution < 1.29 is 13.2 Å². The van der Waals surface area contributed by atoms with Crippen molar-refractivity contribution >= 4 is 33.4 Å². The average Bonchev–Trinajstić information content (AvgIpc) is 2.54. The molecule has 0 fully saturated rings. The van der Waals surface area contributed by atoms with E-state index in [1.54, 1.807) is 12.1 Å². The van der Waals surface area contributed by atoms with E-state index >= 15 is 0 Å². The van der Waals surface area contributed by atoms with Gasteiger partial charge in [0.25, 0.3) is 0 Å². The van der Waals surface area contributed by atoms with E-state index in [9.17, 15) is 13.2 Å². The minimum atomic E-state index is -3.58. The van der Waals surface area contributed by atoms with Gasteiger partial charge in [0.1, 0.15) is 0 Å². The Hall–Kier alpha value is -1.05. The van der Waals surface area contributed by atoms with Gasteiger partial charge in [-0.3, -0.25) is 4.79 Å². The maximum Gasteiger partial charge on any atom is 0.240 e. The first-order valence-corrected chi connectivity index (χ1v) is 11.0. The van der Waals surface area contributed by atoms with Crippen LogP contribution in [0.3, 0.4) is 0 Å². The molecular formula is C17H28N2O3S2. The first kappa shape index (κ1) is 21.0. The fourth-order valence-electron chi connectivity index (χ4n) is 2.40. The third-order valence-corrected chi connectivity index (χ3v) is 6.11. The smallest absolute Gasteiger partial charge is 0.240 e. The summed E-state index contributed by atoms with van der Waals surface area (Å²) in [6, 6.07) is 4.81. The Morgan fingerprint density at radius 2 is 2.00 bits per heavy atom. The summed E-state index contributed by atoms with van der Waals surface area (Å²) >= 11 is 1.46. The maximum atomic E-state index is 12.5. The molecule has 1 atom stereocenters. The summed E-state index contributed by atoms with van der Waals surface area (Å²) < 4.78 is 27.8. The highest BCUT2D eigenvalue weighted by atomic mass is 32.2. The van der Waals surface area contributed by atoms with Crippen LogP contribution >= 0.6 is 11.8 Å². The number of rotatable bonds is 10. The van der Waals surface area contributed by atoms with E-state index < -0.39 is 10.0 Å². The predicted molar refractivity (Wildman–Crippen MR) is 101 cm³/mol. The summed E-state index contributed by atoms with van der Waals surface area (Å²) in [5.74, 6) is 0.124. The molecule has 1 rings (SSSR count). The number of anilines is 1. The van der Waals surface area contributed by atoms with E-state index in [0.717, 1.165) is 30.6 Å². The number of carbonyl (C=O) groups is 1. The number of unbranched alkanes of at least 4 members (excludes halogenated alkanes) is 1. The highest BCUT2D eigenvalue weighted by Gasteiger charge is 2.18. The van der Waals surface area contributed by atoms with Gasteiger partial charge in [-0.25, -0.2) is 13.1 Å². The lowest BCUT2D eigenvalue weighted by Crippen LogP contribution is -2.29. The Morgan fingerprint density at radius 1 is 1.29 bits per heavy atom. The van der Waals surface area contributed by atoms with Gasteiger partial charge in [-0.2, -0.15) is 0 Å². The number of hydrogen-bond donors (Lipinski definition) is 2. The first-order chi connectivity index (χ1) is 11.3. The van der Waals surface area contributed by atoms with Crippen LogP contribution in [0.25, 0.3) is 0 Å². The van der Waals surface area contributed by atoms with Crippen molar-refractivity contribution in [1.82, 2.24) is 4.72 Å². The summed E-state index contributed by atoms with van der Waals surface area (Å²) in [4.78, 5) is 12.3. The molecule has 24 heavy (non-hydrogen) atoms. The Morgan fingerprint density at radius 3 is 2.54 bits per heavy atom. The zero-order valence-electron chi connectivity index (χ0n) is 14.9. The molecule has 136 valence electrons. The van der Waals surface area contributed by atoms with Gasteiger partial charge in [0.2, 0.25) is 15.9 Å². The van der Waals surface area contributed by atoms with Crippen LogP contribution in [0, 0.1) is 5.92 Å². The molecule has 0 unspecified atom stereocenters. The predicted octanol–water partition coefficient (Wildman–Crippen LogP) is 3.86. The Kier molecular flexibility index (Phi) is 8.80. The lowest BCUT2D eigenvalue weighted by molar-refractivity contribution is -0.114. The molecule has 0 aliphatic rings. The summed E-state index contributed by atoms with van der Waals surface area (Å²) in [5, 5.41) is 2.69. The van der Waals surface area contributed by atoms with Crippen LogP contribution in [0.5, 0.6) is 0 Å². The van der Waals surface area contributed by atoms with Crippen LogP contribution in [0.2, 0.25) is 0 Å². The third kappa shape index (κ3) is 6.45. The molecule has 0 heterocycles. The van der Waals surface area contributed by atoms with Crippen molar-refractivity contribution in [1.29, 1.82) is 0 Å². The molecule has 0 aliphatic carbocycles. The molecule has 2 N–H and O–H groups in total. The number of sulfonamides is 1. The number of nitrogens with one attached hydrogen (secondary N) is 2. The first-order valence-electron chi connectivity index (χ1n) is 8.29. The van der Waals surface area contributed by atoms with Crippen LogP contribution in [0.15, 0.2) is 28.0 Å². The second-order valence-corrected chi connectivity index (χ2v) is 8.43. The minimum Gasteiger partial charge on any atom is -0.325 e. The van der Waals surface area contributed by atoms with Gasteiger partial charge in [-0.05, 0) is 36.8 Å². The Balaban J connectivity index is 2.91. The number of thioether (sulfide) groups is 1. The number of hydrogen-bond acceptors (Lipinski definition) is 4. The van der Waals surface area contributed by atoms with Crippen molar-refractivity contribution in [2.75, 3.05) is 18.1 Å². The molecule has 0 aromatic heterocycles. The molecule has 7 heteroatoms. The molecule has 1 aromatic rings. The van der Waals surface area contributed by atoms with Gasteiger partial charge < -0.3 is 5.32 Å². The summed E-state index contributed by atoms with van der Waals surface area (Å²) in [6.07, 6.45) is 6.07. The van der Waals surface area contributed by atoms with E-state index in [1.165, 1.54) is 24.8 Å². The maximum absolute atomic E-state index is 12.5. The van der Waals surface area contributed by atoms with E-state index in [0.29, 0.717) is 18.2 Å². The summed E-state index contributed by atoms with van der Waals surface area (Å²) in [5.41, 5.74) is 0.524. The highest BCUT2D eigenvalue weighted by molar-refractivity contribution is 7.98. The molecule has 0 saturated heterocycles. The normalized spacial score (nSPS) is 12.8. The van der Waals surface area contributed by atoms with Crippen molar-refractivity contribution in [2.45, 2.75) is 56.2 Å². The molecule has 1 amide bonds. The van der Waals surface area contributed by atoms with E-state index in [4.69, 9.17) is 0 Å². The molecule has 1 aromatic carbocycles. The van der Waals surface area contributed by atoms with Gasteiger partial charge in [0, 0.05) is 18.4 Å². The van der Waals surface area contributed by atoms with Gasteiger partial charge in [0.15, 0.2) is 0 Å². The lowest BCUT2D eigenvalue weighted by atomic mass is 10.00. The minimum absolute atomic E-state index is 0.175. The van der Waals surface area contributed by atoms with Crippen molar-refractivity contribution in [3.63, 3.8) is 0 Å². The van der Waals surface area contributed by atoms with Crippen LogP contribution in [0.1, 0.15) is 46.5 Å². The Labute approximate surface area is 150 Å². The van der Waals surface area contributed by atoms with E-state index in [2.05, 4.69) is 23.9 Å². The van der Waals surface area contributed by atoms with Gasteiger partial charge in [0.05, 0.1) is 10.6 Å². The highest BCUT2D eigenvalue weighted by Crippen LogP contribution is 2.28. The zero-order valence-corrected chi connectivity index (χ0v) is 16.5. The lowest BCUT2D eigenvalue weighted by Gasteiger charge is -2.16. The molecule has 0 bridgehead atoms. The zero-order chi connectivity index (χ0) is 18.2. The monoisotopic (exact) mass is 372 g/mol. The SMILES string of the molecule is CCCC[C@H](CC)CNS(=O)(=O)c1ccc(SC)c(NC(C)=O)c1. The fraction of sp³-hybridized carbons (Fsp3) is 0.588.